The molecule has 3 N–H and O–H groups in total. The highest BCUT2D eigenvalue weighted by Crippen LogP contribution is 2.28. The fourth-order valence-corrected chi connectivity index (χ4v) is 3.09. The first-order chi connectivity index (χ1) is 8.97. The molecular weight excluding hydrogens is 258 g/mol. The molecule has 0 saturated carbocycles. The number of nitrogens with zero attached hydrogens (tertiary/aromatic N) is 1. The van der Waals surface area contributed by atoms with Gasteiger partial charge in [-0.15, -0.1) is 11.3 Å². The minimum atomic E-state index is -0.515. The van der Waals surface area contributed by atoms with Crippen molar-refractivity contribution < 1.29 is 4.79 Å². The lowest BCUT2D eigenvalue weighted by atomic mass is 10.1. The normalized spacial score (nSPS) is 12.2. The maximum Gasteiger partial charge on any atom is 0.267 e. The number of nitrogens with two attached hydrogens (primary N) is 1. The van der Waals surface area contributed by atoms with Crippen LogP contribution in [0.4, 0.5) is 5.69 Å². The third-order valence-electron chi connectivity index (χ3n) is 2.94. The number of carbonyl (C=O) groups excluding carboxylic acids is 1. The van der Waals surface area contributed by atoms with Gasteiger partial charge in [0.05, 0.1) is 0 Å². The molecule has 0 aromatic carbocycles. The third-order valence-corrected chi connectivity index (χ3v) is 3.92. The molecule has 0 spiro atoms. The average Bonchev–Trinajstić information content (AvgIpc) is 2.69. The maximum atomic E-state index is 11.1. The van der Waals surface area contributed by atoms with Crippen LogP contribution >= 0.6 is 11.3 Å². The van der Waals surface area contributed by atoms with Crippen molar-refractivity contribution in [3.05, 3.63) is 45.4 Å². The number of thiophene rings is 1. The van der Waals surface area contributed by atoms with Crippen molar-refractivity contribution in [2.75, 3.05) is 5.32 Å². The Morgan fingerprint density at radius 1 is 1.42 bits per heavy atom. The molecule has 2 heterocycles. The van der Waals surface area contributed by atoms with E-state index in [1.807, 2.05) is 6.07 Å². The average molecular weight is 275 g/mol. The van der Waals surface area contributed by atoms with E-state index in [0.29, 0.717) is 0 Å². The van der Waals surface area contributed by atoms with Crippen LogP contribution in [-0.4, -0.2) is 10.9 Å². The lowest BCUT2D eigenvalue weighted by molar-refractivity contribution is 0.0995. The quantitative estimate of drug-likeness (QED) is 0.901. The summed E-state index contributed by atoms with van der Waals surface area (Å²) in [4.78, 5) is 17.6. The first kappa shape index (κ1) is 13.5. The Kier molecular flexibility index (Phi) is 3.85. The second-order valence-electron chi connectivity index (χ2n) is 4.53. The second kappa shape index (κ2) is 5.40. The zero-order valence-electron chi connectivity index (χ0n) is 11.2. The van der Waals surface area contributed by atoms with E-state index < -0.39 is 5.91 Å². The van der Waals surface area contributed by atoms with Gasteiger partial charge in [-0.2, -0.15) is 0 Å². The molecule has 1 unspecified atom stereocenters. The molecule has 2 aromatic rings. The summed E-state index contributed by atoms with van der Waals surface area (Å²) in [7, 11) is 0. The van der Waals surface area contributed by atoms with E-state index >= 15 is 0 Å². The Hall–Kier alpha value is -1.88. The van der Waals surface area contributed by atoms with Gasteiger partial charge in [-0.3, -0.25) is 9.78 Å². The summed E-state index contributed by atoms with van der Waals surface area (Å²) >= 11 is 1.79. The van der Waals surface area contributed by atoms with Crippen molar-refractivity contribution in [2.24, 2.45) is 5.73 Å². The monoisotopic (exact) mass is 275 g/mol. The van der Waals surface area contributed by atoms with Crippen LogP contribution in [0.15, 0.2) is 24.4 Å². The van der Waals surface area contributed by atoms with Gasteiger partial charge in [-0.1, -0.05) is 0 Å². The lowest BCUT2D eigenvalue weighted by Crippen LogP contribution is -2.14. The largest absolute Gasteiger partial charge is 0.378 e. The Balaban J connectivity index is 2.19. The molecule has 5 heteroatoms. The van der Waals surface area contributed by atoms with Crippen LogP contribution in [0.2, 0.25) is 0 Å². The Morgan fingerprint density at radius 3 is 2.74 bits per heavy atom. The van der Waals surface area contributed by atoms with Crippen molar-refractivity contribution in [3.8, 4) is 0 Å². The summed E-state index contributed by atoms with van der Waals surface area (Å²) in [6, 6.07) is 5.87. The van der Waals surface area contributed by atoms with E-state index in [2.05, 4.69) is 37.1 Å². The highest BCUT2D eigenvalue weighted by molar-refractivity contribution is 7.12. The molecule has 0 radical (unpaired) electrons. The van der Waals surface area contributed by atoms with E-state index in [-0.39, 0.29) is 11.7 Å². The van der Waals surface area contributed by atoms with Gasteiger partial charge in [0.25, 0.3) is 5.91 Å². The molecule has 100 valence electrons. The summed E-state index contributed by atoms with van der Waals surface area (Å²) in [6.07, 6.45) is 1.58. The van der Waals surface area contributed by atoms with Gasteiger partial charge >= 0.3 is 0 Å². The standard InChI is InChI=1S/C14H17N3OS/c1-8-6-12(10(3)19-8)9(2)17-11-4-5-16-13(7-11)14(15)18/h4-7,9H,1-3H3,(H2,15,18)(H,16,17). The number of hydrogen-bond donors (Lipinski definition) is 2. The van der Waals surface area contributed by atoms with Crippen molar-refractivity contribution in [2.45, 2.75) is 26.8 Å². The van der Waals surface area contributed by atoms with Crippen molar-refractivity contribution >= 4 is 22.9 Å². The number of carbonyl (C=O) groups is 1. The molecule has 1 atom stereocenters. The number of anilines is 1. The lowest BCUT2D eigenvalue weighted by Gasteiger charge is -2.15. The van der Waals surface area contributed by atoms with Crippen molar-refractivity contribution in [1.29, 1.82) is 0 Å². The minimum Gasteiger partial charge on any atom is -0.378 e. The minimum absolute atomic E-state index is 0.174. The Bertz CT molecular complexity index is 606. The number of rotatable bonds is 4. The highest BCUT2D eigenvalue weighted by Gasteiger charge is 2.12. The first-order valence-electron chi connectivity index (χ1n) is 6.06. The zero-order chi connectivity index (χ0) is 14.0. The van der Waals surface area contributed by atoms with Gasteiger partial charge in [-0.25, -0.2) is 0 Å². The van der Waals surface area contributed by atoms with E-state index in [1.165, 1.54) is 15.3 Å². The first-order valence-corrected chi connectivity index (χ1v) is 6.88. The molecular formula is C14H17N3OS. The fourth-order valence-electron chi connectivity index (χ4n) is 2.06. The van der Waals surface area contributed by atoms with Gasteiger partial charge in [-0.05, 0) is 44.5 Å². The van der Waals surface area contributed by atoms with Gasteiger partial charge in [0.2, 0.25) is 0 Å². The SMILES string of the molecule is Cc1cc(C(C)Nc2ccnc(C(N)=O)c2)c(C)s1. The van der Waals surface area contributed by atoms with Gasteiger partial charge in [0.15, 0.2) is 0 Å². The Labute approximate surface area is 116 Å². The second-order valence-corrected chi connectivity index (χ2v) is 5.99. The maximum absolute atomic E-state index is 11.1. The highest BCUT2D eigenvalue weighted by atomic mass is 32.1. The van der Waals surface area contributed by atoms with Crippen LogP contribution in [0.25, 0.3) is 0 Å². The van der Waals surface area contributed by atoms with Crippen molar-refractivity contribution in [1.82, 2.24) is 4.98 Å². The van der Waals surface area contributed by atoms with Crippen LogP contribution < -0.4 is 11.1 Å². The molecule has 0 saturated heterocycles. The molecule has 1 amide bonds. The zero-order valence-corrected chi connectivity index (χ0v) is 12.0. The third kappa shape index (κ3) is 3.12. The number of nitrogens with one attached hydrogen (secondary N) is 1. The van der Waals surface area contributed by atoms with Gasteiger partial charge < -0.3 is 11.1 Å². The molecule has 0 aliphatic heterocycles. The summed E-state index contributed by atoms with van der Waals surface area (Å²) in [5, 5.41) is 3.37. The fraction of sp³-hybridized carbons (Fsp3) is 0.286. The molecule has 0 bridgehead atoms. The van der Waals surface area contributed by atoms with E-state index in [4.69, 9.17) is 5.73 Å². The number of primary amides is 1. The summed E-state index contributed by atoms with van der Waals surface area (Å²) < 4.78 is 0. The summed E-state index contributed by atoms with van der Waals surface area (Å²) in [5.74, 6) is -0.515. The summed E-state index contributed by atoms with van der Waals surface area (Å²) in [6.45, 7) is 6.32. The molecule has 0 fully saturated rings. The van der Waals surface area contributed by atoms with Crippen LogP contribution in [0.3, 0.4) is 0 Å². The molecule has 4 nitrogen and oxygen atoms in total. The van der Waals surface area contributed by atoms with Gasteiger partial charge in [0, 0.05) is 27.7 Å². The molecule has 2 rings (SSSR count). The van der Waals surface area contributed by atoms with Crippen LogP contribution in [-0.2, 0) is 0 Å². The van der Waals surface area contributed by atoms with Crippen LogP contribution in [0, 0.1) is 13.8 Å². The van der Waals surface area contributed by atoms with Gasteiger partial charge in [0.1, 0.15) is 5.69 Å². The summed E-state index contributed by atoms with van der Waals surface area (Å²) in [5.41, 5.74) is 7.62. The van der Waals surface area contributed by atoms with Crippen LogP contribution in [0.5, 0.6) is 0 Å². The predicted molar refractivity (Wildman–Crippen MR) is 78.6 cm³/mol. The Morgan fingerprint density at radius 2 is 2.16 bits per heavy atom. The molecule has 0 aliphatic carbocycles. The number of hydrogen-bond acceptors (Lipinski definition) is 4. The van der Waals surface area contributed by atoms with E-state index in [9.17, 15) is 4.79 Å². The predicted octanol–water partition coefficient (Wildman–Crippen LogP) is 3.03. The number of amides is 1. The van der Waals surface area contributed by atoms with E-state index in [1.54, 1.807) is 23.6 Å². The topological polar surface area (TPSA) is 68.0 Å². The molecule has 19 heavy (non-hydrogen) atoms. The number of pyridine rings is 1. The molecule has 2 aromatic heterocycles. The smallest absolute Gasteiger partial charge is 0.267 e. The number of aryl methyl sites for hydroxylation is 2. The van der Waals surface area contributed by atoms with Crippen molar-refractivity contribution in [3.63, 3.8) is 0 Å². The van der Waals surface area contributed by atoms with E-state index in [0.717, 1.165) is 5.69 Å². The molecule has 0 aliphatic rings. The number of aromatic nitrogens is 1. The van der Waals surface area contributed by atoms with Crippen LogP contribution in [0.1, 0.15) is 38.8 Å².